The molecule has 1 fully saturated rings. The van der Waals surface area contributed by atoms with Gasteiger partial charge in [-0.2, -0.15) is 0 Å². The lowest BCUT2D eigenvalue weighted by atomic mass is 9.81. The van der Waals surface area contributed by atoms with Crippen molar-refractivity contribution in [3.8, 4) is 0 Å². The number of ether oxygens (including phenoxy) is 1. The number of nitrogens with two attached hydrogens (primary N) is 1. The van der Waals surface area contributed by atoms with Crippen molar-refractivity contribution >= 4 is 50.6 Å². The number of amides is 3. The van der Waals surface area contributed by atoms with E-state index in [-0.39, 0.29) is 29.1 Å². The molecule has 1 aromatic heterocycles. The van der Waals surface area contributed by atoms with E-state index in [1.165, 1.54) is 6.07 Å². The van der Waals surface area contributed by atoms with Gasteiger partial charge in [0.1, 0.15) is 5.60 Å². The predicted octanol–water partition coefficient (Wildman–Crippen LogP) is 4.78. The first-order valence-electron chi connectivity index (χ1n) is 13.5. The maximum Gasteiger partial charge on any atom is 0.417 e. The van der Waals surface area contributed by atoms with Crippen molar-refractivity contribution in [2.45, 2.75) is 64.5 Å². The van der Waals surface area contributed by atoms with E-state index < -0.39 is 47.0 Å². The molecule has 0 radical (unpaired) electrons. The maximum absolute atomic E-state index is 14.9. The highest BCUT2D eigenvalue weighted by Gasteiger charge is 2.36. The number of benzene rings is 2. The molecule has 4 rings (SSSR count). The minimum absolute atomic E-state index is 0.0222. The fourth-order valence-electron chi connectivity index (χ4n) is 4.96. The van der Waals surface area contributed by atoms with Crippen LogP contribution < -0.4 is 21.7 Å². The average molecular weight is 634 g/mol. The molecule has 3 aromatic rings. The van der Waals surface area contributed by atoms with Gasteiger partial charge in [-0.25, -0.2) is 18.9 Å². The maximum atomic E-state index is 14.9. The first-order valence-corrected chi connectivity index (χ1v) is 14.3. The van der Waals surface area contributed by atoms with Gasteiger partial charge in [-0.1, -0.05) is 28.1 Å². The molecule has 1 aliphatic carbocycles. The van der Waals surface area contributed by atoms with Crippen molar-refractivity contribution in [3.63, 3.8) is 0 Å². The number of hydrogen-bond donors (Lipinski definition) is 3. The number of fused-ring (bicyclic) bond motifs is 1. The molecule has 12 heteroatoms. The first kappa shape index (κ1) is 30.4. The Morgan fingerprint density at radius 1 is 1.17 bits per heavy atom. The minimum Gasteiger partial charge on any atom is -0.444 e. The molecule has 220 valence electrons. The number of anilines is 1. The summed E-state index contributed by atoms with van der Waals surface area (Å²) in [6.45, 7) is 5.77. The highest BCUT2D eigenvalue weighted by atomic mass is 79.9. The second-order valence-electron chi connectivity index (χ2n) is 11.4. The first-order chi connectivity index (χ1) is 19.3. The van der Waals surface area contributed by atoms with Gasteiger partial charge in [0.15, 0.2) is 11.4 Å². The third-order valence-electron chi connectivity index (χ3n) is 6.97. The van der Waals surface area contributed by atoms with Gasteiger partial charge in [-0.15, -0.1) is 0 Å². The number of imide groups is 1. The molecular formula is C29H34BrFN4O6. The lowest BCUT2D eigenvalue weighted by Crippen LogP contribution is -2.50. The molecule has 0 unspecified atom stereocenters. The number of aromatic amines is 1. The van der Waals surface area contributed by atoms with Gasteiger partial charge < -0.3 is 20.2 Å². The Kier molecular flexibility index (Phi) is 9.33. The molecular weight excluding hydrogens is 599 g/mol. The van der Waals surface area contributed by atoms with Crippen LogP contribution >= 0.6 is 15.9 Å². The summed E-state index contributed by atoms with van der Waals surface area (Å²) >= 11 is 3.37. The number of carbonyl (C=O) groups is 3. The minimum atomic E-state index is -1.09. The van der Waals surface area contributed by atoms with Crippen LogP contribution in [0.25, 0.3) is 11.1 Å². The molecule has 1 atom stereocenters. The van der Waals surface area contributed by atoms with E-state index in [9.17, 15) is 23.6 Å². The third kappa shape index (κ3) is 7.82. The van der Waals surface area contributed by atoms with Crippen LogP contribution in [0.4, 0.5) is 14.9 Å². The molecule has 0 spiro atoms. The van der Waals surface area contributed by atoms with Gasteiger partial charge >= 0.3 is 11.8 Å². The number of H-pyrrole nitrogens is 1. The van der Waals surface area contributed by atoms with Crippen LogP contribution in [0.15, 0.2) is 50.1 Å². The van der Waals surface area contributed by atoms with E-state index in [4.69, 9.17) is 14.9 Å². The van der Waals surface area contributed by atoms with Crippen LogP contribution in [0.1, 0.15) is 52.0 Å². The van der Waals surface area contributed by atoms with Crippen LogP contribution in [0.3, 0.4) is 0 Å². The summed E-state index contributed by atoms with van der Waals surface area (Å²) < 4.78 is 25.9. The van der Waals surface area contributed by atoms with Crippen LogP contribution in [-0.2, 0) is 20.7 Å². The summed E-state index contributed by atoms with van der Waals surface area (Å²) in [5.74, 6) is -3.30. The van der Waals surface area contributed by atoms with Crippen molar-refractivity contribution < 1.29 is 27.9 Å². The molecule has 10 nitrogen and oxygen atoms in total. The van der Waals surface area contributed by atoms with E-state index >= 15 is 0 Å². The number of aromatic nitrogens is 1. The van der Waals surface area contributed by atoms with Crippen LogP contribution in [0.2, 0.25) is 0 Å². The van der Waals surface area contributed by atoms with E-state index in [0.717, 1.165) is 21.0 Å². The normalized spacial score (nSPS) is 18.1. The summed E-state index contributed by atoms with van der Waals surface area (Å²) in [5, 5.41) is 2.78. The summed E-state index contributed by atoms with van der Waals surface area (Å²) in [6, 6.07) is 8.53. The standard InChI is InChI=1S/C29H34BrFN4O6/c1-29(2,3)41-27(38)33-15-17-4-8-18(9-5-17)25(36)35(20-13-21(31)24-23(14-20)34-28(39)40-24)26(37)22(32)12-16-6-10-19(30)11-7-16/h6-7,10-11,13-14,17-18,22H,4-5,8-9,12,15,32H2,1-3H3,(H,33,38)(H,34,39)/t17-,18-,22-/m0/s1. The number of rotatable bonds is 7. The monoisotopic (exact) mass is 632 g/mol. The zero-order chi connectivity index (χ0) is 29.9. The summed E-state index contributed by atoms with van der Waals surface area (Å²) in [4.78, 5) is 54.6. The Labute approximate surface area is 244 Å². The zero-order valence-corrected chi connectivity index (χ0v) is 24.8. The summed E-state index contributed by atoms with van der Waals surface area (Å²) in [6.07, 6.45) is 1.88. The number of nitrogens with zero attached hydrogens (tertiary/aromatic N) is 1. The zero-order valence-electron chi connectivity index (χ0n) is 23.2. The summed E-state index contributed by atoms with van der Waals surface area (Å²) in [7, 11) is 0. The molecule has 0 saturated heterocycles. The van der Waals surface area contributed by atoms with E-state index in [1.807, 2.05) is 24.3 Å². The van der Waals surface area contributed by atoms with Crippen molar-refractivity contribution in [2.75, 3.05) is 11.4 Å². The third-order valence-corrected chi connectivity index (χ3v) is 7.50. The van der Waals surface area contributed by atoms with E-state index in [1.54, 1.807) is 20.8 Å². The van der Waals surface area contributed by atoms with Gasteiger partial charge in [0.25, 0.3) is 5.91 Å². The SMILES string of the molecule is CC(C)(C)OC(=O)NC[C@H]1CC[C@H](C(=O)N(C(=O)[C@@H](N)Cc2ccc(Br)cc2)c2cc(F)c3oc(=O)[nH]c3c2)CC1. The smallest absolute Gasteiger partial charge is 0.417 e. The van der Waals surface area contributed by atoms with Gasteiger partial charge in [0.2, 0.25) is 5.91 Å². The lowest BCUT2D eigenvalue weighted by Gasteiger charge is -2.32. The molecule has 1 heterocycles. The molecule has 0 bridgehead atoms. The number of hydrogen-bond acceptors (Lipinski definition) is 7. The number of halogens is 2. The van der Waals surface area contributed by atoms with Crippen molar-refractivity contribution in [3.05, 3.63) is 62.8 Å². The van der Waals surface area contributed by atoms with Crippen molar-refractivity contribution in [1.29, 1.82) is 0 Å². The Balaban J connectivity index is 1.52. The van der Waals surface area contributed by atoms with E-state index in [2.05, 4.69) is 26.2 Å². The molecule has 1 aliphatic rings. The Bertz CT molecular complexity index is 1470. The number of oxazole rings is 1. The second kappa shape index (κ2) is 12.6. The molecule has 1 saturated carbocycles. The average Bonchev–Trinajstić information content (AvgIpc) is 3.29. The Hall–Kier alpha value is -3.51. The van der Waals surface area contributed by atoms with Gasteiger partial charge in [0, 0.05) is 23.0 Å². The molecule has 4 N–H and O–H groups in total. The number of carbonyl (C=O) groups excluding carboxylic acids is 3. The second-order valence-corrected chi connectivity index (χ2v) is 12.3. The number of alkyl carbamates (subject to hydrolysis) is 1. The van der Waals surface area contributed by atoms with Crippen LogP contribution in [-0.4, -0.2) is 41.1 Å². The largest absolute Gasteiger partial charge is 0.444 e. The van der Waals surface area contributed by atoms with Crippen molar-refractivity contribution in [1.82, 2.24) is 10.3 Å². The lowest BCUT2D eigenvalue weighted by molar-refractivity contribution is -0.130. The highest BCUT2D eigenvalue weighted by molar-refractivity contribution is 9.10. The van der Waals surface area contributed by atoms with Crippen LogP contribution in [0.5, 0.6) is 0 Å². The quantitative estimate of drug-likeness (QED) is 0.339. The molecule has 41 heavy (non-hydrogen) atoms. The molecule has 0 aliphatic heterocycles. The fraction of sp³-hybridized carbons (Fsp3) is 0.448. The van der Waals surface area contributed by atoms with Crippen LogP contribution in [0, 0.1) is 17.7 Å². The van der Waals surface area contributed by atoms with E-state index in [0.29, 0.717) is 32.2 Å². The highest BCUT2D eigenvalue weighted by Crippen LogP contribution is 2.33. The Morgan fingerprint density at radius 3 is 2.46 bits per heavy atom. The summed E-state index contributed by atoms with van der Waals surface area (Å²) in [5.41, 5.74) is 6.18. The predicted molar refractivity (Wildman–Crippen MR) is 155 cm³/mol. The molecule has 3 amide bonds. The van der Waals surface area contributed by atoms with Gasteiger partial charge in [0.05, 0.1) is 17.2 Å². The van der Waals surface area contributed by atoms with Crippen molar-refractivity contribution in [2.24, 2.45) is 17.6 Å². The topological polar surface area (TPSA) is 148 Å². The number of nitrogens with one attached hydrogen (secondary N) is 2. The van der Waals surface area contributed by atoms with Gasteiger partial charge in [-0.05, 0) is 82.6 Å². The Morgan fingerprint density at radius 2 is 1.83 bits per heavy atom. The van der Waals surface area contributed by atoms with Gasteiger partial charge in [-0.3, -0.25) is 14.6 Å². The molecule has 2 aromatic carbocycles. The fourth-order valence-corrected chi connectivity index (χ4v) is 5.23.